The summed E-state index contributed by atoms with van der Waals surface area (Å²) >= 11 is 0. The molecule has 0 saturated heterocycles. The van der Waals surface area contributed by atoms with E-state index in [1.54, 1.807) is 30.6 Å². The second-order valence-electron chi connectivity index (χ2n) is 10.1. The molecule has 10 nitrogen and oxygen atoms in total. The number of hydrogen-bond donors (Lipinski definition) is 4. The van der Waals surface area contributed by atoms with Crippen LogP contribution in [0.2, 0.25) is 0 Å². The smallest absolute Gasteiger partial charge is 0.331 e. The van der Waals surface area contributed by atoms with Gasteiger partial charge < -0.3 is 25.1 Å². The molecule has 0 radical (unpaired) electrons. The predicted molar refractivity (Wildman–Crippen MR) is 145 cm³/mol. The van der Waals surface area contributed by atoms with Crippen molar-refractivity contribution >= 4 is 33.8 Å². The largest absolute Gasteiger partial charge is 0.508 e. The van der Waals surface area contributed by atoms with Gasteiger partial charge in [0.1, 0.15) is 11.4 Å². The molecule has 1 atom stereocenters. The second kappa shape index (κ2) is 9.86. The minimum atomic E-state index is -1.32. The summed E-state index contributed by atoms with van der Waals surface area (Å²) in [6.45, 7) is 1.88. The molecule has 5 aromatic rings. The predicted octanol–water partition coefficient (Wildman–Crippen LogP) is 5.05. The number of amides is 1. The lowest BCUT2D eigenvalue weighted by molar-refractivity contribution is -0.139. The minimum Gasteiger partial charge on any atom is -0.508 e. The number of imidazole rings is 1. The number of carboxylic acid groups (broad SMARTS) is 1. The number of phenols is 1. The zero-order chi connectivity index (χ0) is 27.1. The molecule has 0 bridgehead atoms. The summed E-state index contributed by atoms with van der Waals surface area (Å²) in [5.74, 6) is -1.03. The molecule has 1 aliphatic rings. The maximum atomic E-state index is 13.3. The van der Waals surface area contributed by atoms with Gasteiger partial charge in [-0.2, -0.15) is 0 Å². The highest BCUT2D eigenvalue weighted by Crippen LogP contribution is 2.36. The molecular formula is C29H28N6O4. The van der Waals surface area contributed by atoms with E-state index in [4.69, 9.17) is 4.98 Å². The van der Waals surface area contributed by atoms with Gasteiger partial charge in [0.15, 0.2) is 11.9 Å². The van der Waals surface area contributed by atoms with E-state index < -0.39 is 17.9 Å². The molecule has 3 heterocycles. The first-order valence-corrected chi connectivity index (χ1v) is 13.0. The monoisotopic (exact) mass is 524 g/mol. The number of benzene rings is 2. The Morgan fingerprint density at radius 1 is 1.08 bits per heavy atom. The number of carboxylic acids is 1. The lowest BCUT2D eigenvalue weighted by Crippen LogP contribution is -2.33. The fourth-order valence-corrected chi connectivity index (χ4v) is 5.49. The number of aromatic hydroxyl groups is 1. The van der Waals surface area contributed by atoms with Crippen LogP contribution >= 0.6 is 0 Å². The molecule has 6 rings (SSSR count). The molecular weight excluding hydrogens is 496 g/mol. The summed E-state index contributed by atoms with van der Waals surface area (Å²) in [6, 6.07) is 8.85. The fourth-order valence-electron chi connectivity index (χ4n) is 5.49. The van der Waals surface area contributed by atoms with Crippen molar-refractivity contribution in [1.29, 1.82) is 0 Å². The Bertz CT molecular complexity index is 1700. The lowest BCUT2D eigenvalue weighted by Gasteiger charge is -2.25. The van der Waals surface area contributed by atoms with Gasteiger partial charge in [0, 0.05) is 40.5 Å². The van der Waals surface area contributed by atoms with Gasteiger partial charge in [-0.3, -0.25) is 9.78 Å². The number of H-pyrrole nitrogens is 1. The van der Waals surface area contributed by atoms with Crippen molar-refractivity contribution in [3.05, 3.63) is 71.8 Å². The second-order valence-corrected chi connectivity index (χ2v) is 10.1. The normalized spacial score (nSPS) is 15.0. The van der Waals surface area contributed by atoms with Gasteiger partial charge in [-0.25, -0.2) is 14.8 Å². The molecule has 1 amide bonds. The number of nitrogens with one attached hydrogen (secondary N) is 2. The summed E-state index contributed by atoms with van der Waals surface area (Å²) in [5.41, 5.74) is 4.33. The summed E-state index contributed by atoms with van der Waals surface area (Å²) < 4.78 is 2.22. The number of aryl methyl sites for hydroxylation is 1. The topological polar surface area (TPSA) is 146 Å². The Labute approximate surface area is 223 Å². The van der Waals surface area contributed by atoms with E-state index in [0.717, 1.165) is 36.9 Å². The van der Waals surface area contributed by atoms with Crippen molar-refractivity contribution in [3.63, 3.8) is 0 Å². The molecule has 198 valence electrons. The molecule has 0 unspecified atom stereocenters. The van der Waals surface area contributed by atoms with E-state index in [2.05, 4.69) is 24.8 Å². The van der Waals surface area contributed by atoms with E-state index >= 15 is 0 Å². The summed E-state index contributed by atoms with van der Waals surface area (Å²) in [7, 11) is 0. The number of carbonyl (C=O) groups excluding carboxylic acids is 1. The standard InChI is InChI=1S/C29H28N6O4/c1-16-13-31-24(15-30-16)27-33-23-11-17(7-10-25(23)35(27)18-5-3-2-4-6-18)28(37)34-26(29(38)39)21-14-32-22-9-8-19(36)12-20(21)22/h7-15,18,26,32,36H,2-6H2,1H3,(H,34,37)(H,38,39)/t26-/m0/s1. The number of aromatic nitrogens is 5. The van der Waals surface area contributed by atoms with Gasteiger partial charge in [0.2, 0.25) is 0 Å². The number of aromatic amines is 1. The number of nitrogens with zero attached hydrogens (tertiary/aromatic N) is 4. The molecule has 3 aromatic heterocycles. The van der Waals surface area contributed by atoms with E-state index in [1.807, 2.05) is 13.0 Å². The number of phenolic OH excluding ortho intramolecular Hbond substituents is 1. The maximum absolute atomic E-state index is 13.3. The molecule has 10 heteroatoms. The van der Waals surface area contributed by atoms with Crippen molar-refractivity contribution < 1.29 is 19.8 Å². The van der Waals surface area contributed by atoms with Crippen molar-refractivity contribution in [1.82, 2.24) is 29.8 Å². The fraction of sp³-hybridized carbons (Fsp3) is 0.276. The van der Waals surface area contributed by atoms with Gasteiger partial charge >= 0.3 is 5.97 Å². The van der Waals surface area contributed by atoms with Gasteiger partial charge in [0.05, 0.1) is 22.9 Å². The summed E-state index contributed by atoms with van der Waals surface area (Å²) in [6.07, 6.45) is 10.6. The molecule has 1 fully saturated rings. The number of rotatable bonds is 6. The zero-order valence-corrected chi connectivity index (χ0v) is 21.4. The number of fused-ring (bicyclic) bond motifs is 2. The SMILES string of the molecule is Cc1cnc(-c2nc3cc(C(=O)N[C@H](C(=O)O)c4c[nH]c5ccc(O)cc45)ccc3n2C2CCCCC2)cn1. The highest BCUT2D eigenvalue weighted by Gasteiger charge is 2.27. The van der Waals surface area contributed by atoms with Crippen LogP contribution in [0.3, 0.4) is 0 Å². The van der Waals surface area contributed by atoms with E-state index in [9.17, 15) is 19.8 Å². The molecule has 39 heavy (non-hydrogen) atoms. The van der Waals surface area contributed by atoms with Crippen LogP contribution < -0.4 is 5.32 Å². The van der Waals surface area contributed by atoms with Crippen molar-refractivity contribution in [2.45, 2.75) is 51.1 Å². The van der Waals surface area contributed by atoms with Crippen molar-refractivity contribution in [2.24, 2.45) is 0 Å². The highest BCUT2D eigenvalue weighted by atomic mass is 16.4. The third-order valence-electron chi connectivity index (χ3n) is 7.43. The first kappa shape index (κ1) is 24.6. The molecule has 0 spiro atoms. The third kappa shape index (κ3) is 4.58. The van der Waals surface area contributed by atoms with Crippen LogP contribution in [-0.4, -0.2) is 46.6 Å². The Morgan fingerprint density at radius 3 is 2.64 bits per heavy atom. The highest BCUT2D eigenvalue weighted by molar-refractivity contribution is 6.01. The number of carbonyl (C=O) groups is 2. The first-order chi connectivity index (χ1) is 18.9. The van der Waals surface area contributed by atoms with Crippen LogP contribution in [0.1, 0.15) is 65.8 Å². The van der Waals surface area contributed by atoms with Crippen LogP contribution in [0, 0.1) is 6.92 Å². The average Bonchev–Trinajstić information content (AvgIpc) is 3.53. The van der Waals surface area contributed by atoms with Gasteiger partial charge in [-0.15, -0.1) is 0 Å². The average molecular weight is 525 g/mol. The quantitative estimate of drug-likeness (QED) is 0.243. The van der Waals surface area contributed by atoms with Crippen molar-refractivity contribution in [2.75, 3.05) is 0 Å². The van der Waals surface area contributed by atoms with Crippen molar-refractivity contribution in [3.8, 4) is 17.3 Å². The molecule has 4 N–H and O–H groups in total. The van der Waals surface area contributed by atoms with E-state index in [-0.39, 0.29) is 11.8 Å². The Kier molecular flexibility index (Phi) is 6.22. The molecule has 1 saturated carbocycles. The Balaban J connectivity index is 1.37. The van der Waals surface area contributed by atoms with Gasteiger partial charge in [-0.05, 0) is 56.2 Å². The summed E-state index contributed by atoms with van der Waals surface area (Å²) in [5, 5.41) is 23.0. The molecule has 1 aliphatic carbocycles. The minimum absolute atomic E-state index is 0.00638. The lowest BCUT2D eigenvalue weighted by atomic mass is 9.95. The van der Waals surface area contributed by atoms with E-state index in [0.29, 0.717) is 39.1 Å². The van der Waals surface area contributed by atoms with Gasteiger partial charge in [-0.1, -0.05) is 19.3 Å². The Morgan fingerprint density at radius 2 is 1.90 bits per heavy atom. The van der Waals surface area contributed by atoms with Crippen LogP contribution in [0.25, 0.3) is 33.5 Å². The molecule has 2 aromatic carbocycles. The van der Waals surface area contributed by atoms with Crippen LogP contribution in [0.4, 0.5) is 0 Å². The summed E-state index contributed by atoms with van der Waals surface area (Å²) in [4.78, 5) is 42.3. The van der Waals surface area contributed by atoms with Crippen LogP contribution in [-0.2, 0) is 4.79 Å². The zero-order valence-electron chi connectivity index (χ0n) is 21.4. The number of aliphatic carboxylic acids is 1. The number of hydrogen-bond acceptors (Lipinski definition) is 6. The van der Waals surface area contributed by atoms with Gasteiger partial charge in [0.25, 0.3) is 5.91 Å². The maximum Gasteiger partial charge on any atom is 0.331 e. The molecule has 0 aliphatic heterocycles. The first-order valence-electron chi connectivity index (χ1n) is 13.0. The van der Waals surface area contributed by atoms with Crippen LogP contribution in [0.15, 0.2) is 55.0 Å². The Hall–Kier alpha value is -4.73. The van der Waals surface area contributed by atoms with Crippen LogP contribution in [0.5, 0.6) is 5.75 Å². The third-order valence-corrected chi connectivity index (χ3v) is 7.43. The van der Waals surface area contributed by atoms with E-state index in [1.165, 1.54) is 24.8 Å².